The number of sulfone groups is 1. The van der Waals surface area contributed by atoms with Gasteiger partial charge in [0.15, 0.2) is 9.84 Å². The molecule has 2 atom stereocenters. The molecule has 0 saturated carbocycles. The Morgan fingerprint density at radius 1 is 1.26 bits per heavy atom. The van der Waals surface area contributed by atoms with Gasteiger partial charge >= 0.3 is 0 Å². The third-order valence-electron chi connectivity index (χ3n) is 4.92. The summed E-state index contributed by atoms with van der Waals surface area (Å²) in [5.74, 6) is 1.39. The SMILES string of the molecule is CCS(=O)(=O)CC(C)NC1CCCOc2cc3c(cc21)CCC3. The Bertz CT molecular complexity index is 669. The summed E-state index contributed by atoms with van der Waals surface area (Å²) in [7, 11) is -2.96. The van der Waals surface area contributed by atoms with Crippen molar-refractivity contribution in [1.82, 2.24) is 5.32 Å². The highest BCUT2D eigenvalue weighted by molar-refractivity contribution is 7.91. The Hall–Kier alpha value is -1.07. The molecule has 4 nitrogen and oxygen atoms in total. The molecule has 0 saturated heterocycles. The van der Waals surface area contributed by atoms with Crippen molar-refractivity contribution in [3.8, 4) is 5.75 Å². The second kappa shape index (κ2) is 6.81. The van der Waals surface area contributed by atoms with Crippen LogP contribution >= 0.6 is 0 Å². The quantitative estimate of drug-likeness (QED) is 0.898. The van der Waals surface area contributed by atoms with Crippen LogP contribution in [0.5, 0.6) is 5.75 Å². The van der Waals surface area contributed by atoms with Crippen molar-refractivity contribution in [2.45, 2.75) is 58.0 Å². The smallest absolute Gasteiger partial charge is 0.151 e. The van der Waals surface area contributed by atoms with E-state index in [1.54, 1.807) is 6.92 Å². The zero-order chi connectivity index (χ0) is 16.4. The van der Waals surface area contributed by atoms with E-state index < -0.39 is 9.84 Å². The molecule has 23 heavy (non-hydrogen) atoms. The van der Waals surface area contributed by atoms with E-state index in [0.29, 0.717) is 0 Å². The maximum absolute atomic E-state index is 11.9. The minimum absolute atomic E-state index is 0.0517. The van der Waals surface area contributed by atoms with Crippen molar-refractivity contribution in [3.05, 3.63) is 28.8 Å². The van der Waals surface area contributed by atoms with E-state index in [-0.39, 0.29) is 23.6 Å². The average molecular weight is 337 g/mol. The third-order valence-corrected chi connectivity index (χ3v) is 6.81. The van der Waals surface area contributed by atoms with Crippen LogP contribution in [0.4, 0.5) is 0 Å². The first-order valence-corrected chi connectivity index (χ1v) is 10.6. The van der Waals surface area contributed by atoms with Crippen LogP contribution in [0.1, 0.15) is 55.8 Å². The number of benzene rings is 1. The number of fused-ring (bicyclic) bond motifs is 2. The molecule has 0 aromatic heterocycles. The fourth-order valence-electron chi connectivity index (χ4n) is 3.71. The highest BCUT2D eigenvalue weighted by atomic mass is 32.2. The lowest BCUT2D eigenvalue weighted by Gasteiger charge is -2.24. The van der Waals surface area contributed by atoms with Crippen LogP contribution in [0.25, 0.3) is 0 Å². The van der Waals surface area contributed by atoms with Crippen molar-refractivity contribution in [1.29, 1.82) is 0 Å². The van der Waals surface area contributed by atoms with E-state index in [9.17, 15) is 8.42 Å². The predicted octanol–water partition coefficient (Wildman–Crippen LogP) is 2.80. The molecule has 0 bridgehead atoms. The zero-order valence-electron chi connectivity index (χ0n) is 14.1. The van der Waals surface area contributed by atoms with Gasteiger partial charge in [-0.3, -0.25) is 0 Å². The topological polar surface area (TPSA) is 55.4 Å². The minimum Gasteiger partial charge on any atom is -0.493 e. The van der Waals surface area contributed by atoms with Gasteiger partial charge in [0.25, 0.3) is 0 Å². The summed E-state index contributed by atoms with van der Waals surface area (Å²) >= 11 is 0. The van der Waals surface area contributed by atoms with Crippen LogP contribution in [0.2, 0.25) is 0 Å². The lowest BCUT2D eigenvalue weighted by Crippen LogP contribution is -2.36. The molecule has 2 aliphatic rings. The van der Waals surface area contributed by atoms with E-state index in [2.05, 4.69) is 17.4 Å². The van der Waals surface area contributed by atoms with Gasteiger partial charge in [0, 0.05) is 23.4 Å². The third kappa shape index (κ3) is 3.89. The summed E-state index contributed by atoms with van der Waals surface area (Å²) in [6.45, 7) is 4.41. The van der Waals surface area contributed by atoms with Gasteiger partial charge in [-0.15, -0.1) is 0 Å². The first-order chi connectivity index (χ1) is 11.0. The Labute approximate surface area is 139 Å². The van der Waals surface area contributed by atoms with Gasteiger partial charge < -0.3 is 10.1 Å². The molecule has 2 unspecified atom stereocenters. The second-order valence-corrected chi connectivity index (χ2v) is 9.22. The summed E-state index contributed by atoms with van der Waals surface area (Å²) < 4.78 is 29.7. The first-order valence-electron chi connectivity index (χ1n) is 8.73. The van der Waals surface area contributed by atoms with E-state index >= 15 is 0 Å². The lowest BCUT2D eigenvalue weighted by atomic mass is 9.97. The summed E-state index contributed by atoms with van der Waals surface area (Å²) in [5.41, 5.74) is 4.07. The van der Waals surface area contributed by atoms with Crippen LogP contribution in [0.3, 0.4) is 0 Å². The van der Waals surface area contributed by atoms with Crippen molar-refractivity contribution in [2.24, 2.45) is 0 Å². The Morgan fingerprint density at radius 3 is 2.74 bits per heavy atom. The van der Waals surface area contributed by atoms with Gasteiger partial charge in [-0.05, 0) is 56.2 Å². The first kappa shape index (κ1) is 16.8. The fourth-order valence-corrected chi connectivity index (χ4v) is 4.80. The molecule has 1 aromatic rings. The molecule has 0 spiro atoms. The molecule has 1 aromatic carbocycles. The number of nitrogens with one attached hydrogen (secondary N) is 1. The molecule has 1 aliphatic heterocycles. The van der Waals surface area contributed by atoms with Crippen LogP contribution in [-0.4, -0.2) is 32.6 Å². The molecule has 128 valence electrons. The molecule has 0 radical (unpaired) electrons. The lowest BCUT2D eigenvalue weighted by molar-refractivity contribution is 0.314. The van der Waals surface area contributed by atoms with Gasteiger partial charge in [0.05, 0.1) is 12.4 Å². The van der Waals surface area contributed by atoms with Crippen LogP contribution in [0.15, 0.2) is 12.1 Å². The average Bonchev–Trinajstić information content (AvgIpc) is 2.87. The molecule has 5 heteroatoms. The van der Waals surface area contributed by atoms with Gasteiger partial charge in [-0.2, -0.15) is 0 Å². The van der Waals surface area contributed by atoms with E-state index in [1.165, 1.54) is 23.1 Å². The fraction of sp³-hybridized carbons (Fsp3) is 0.667. The van der Waals surface area contributed by atoms with Gasteiger partial charge in [-0.25, -0.2) is 8.42 Å². The summed E-state index contributed by atoms with van der Waals surface area (Å²) in [4.78, 5) is 0. The molecule has 1 N–H and O–H groups in total. The Kier molecular flexibility index (Phi) is 4.97. The molecule has 3 rings (SSSR count). The number of hydrogen-bond acceptors (Lipinski definition) is 4. The summed E-state index contributed by atoms with van der Waals surface area (Å²) in [5, 5.41) is 3.54. The van der Waals surface area contributed by atoms with E-state index in [0.717, 1.165) is 38.0 Å². The minimum atomic E-state index is -2.96. The van der Waals surface area contributed by atoms with Crippen LogP contribution in [-0.2, 0) is 22.7 Å². The molecule has 1 heterocycles. The highest BCUT2D eigenvalue weighted by Gasteiger charge is 2.25. The molecule has 0 amide bonds. The highest BCUT2D eigenvalue weighted by Crippen LogP contribution is 2.37. The normalized spacial score (nSPS) is 21.9. The molecule has 0 fully saturated rings. The number of rotatable bonds is 5. The maximum atomic E-state index is 11.9. The molecular weight excluding hydrogens is 310 g/mol. The summed E-state index contributed by atoms with van der Waals surface area (Å²) in [6, 6.07) is 4.64. The van der Waals surface area contributed by atoms with E-state index in [1.807, 2.05) is 6.92 Å². The number of ether oxygens (including phenoxy) is 1. The largest absolute Gasteiger partial charge is 0.493 e. The predicted molar refractivity (Wildman–Crippen MR) is 92.9 cm³/mol. The molecular formula is C18H27NO3S. The van der Waals surface area contributed by atoms with Crippen molar-refractivity contribution in [3.63, 3.8) is 0 Å². The molecule has 1 aliphatic carbocycles. The maximum Gasteiger partial charge on any atom is 0.151 e. The van der Waals surface area contributed by atoms with E-state index in [4.69, 9.17) is 4.74 Å². The van der Waals surface area contributed by atoms with Crippen molar-refractivity contribution in [2.75, 3.05) is 18.1 Å². The van der Waals surface area contributed by atoms with Gasteiger partial charge in [0.2, 0.25) is 0 Å². The van der Waals surface area contributed by atoms with Gasteiger partial charge in [0.1, 0.15) is 5.75 Å². The Balaban J connectivity index is 1.81. The zero-order valence-corrected chi connectivity index (χ0v) is 14.9. The van der Waals surface area contributed by atoms with Crippen molar-refractivity contribution < 1.29 is 13.2 Å². The summed E-state index contributed by atoms with van der Waals surface area (Å²) in [6.07, 6.45) is 5.50. The van der Waals surface area contributed by atoms with Crippen LogP contribution < -0.4 is 10.1 Å². The number of hydrogen-bond donors (Lipinski definition) is 1. The van der Waals surface area contributed by atoms with Crippen LogP contribution in [0, 0.1) is 0 Å². The standard InChI is InChI=1S/C18H27NO3S/c1-3-23(20,21)12-13(2)19-17-8-5-9-22-18-11-15-7-4-6-14(15)10-16(17)18/h10-11,13,17,19H,3-9,12H2,1-2H3. The van der Waals surface area contributed by atoms with Crippen molar-refractivity contribution >= 4 is 9.84 Å². The second-order valence-electron chi connectivity index (χ2n) is 6.82. The monoisotopic (exact) mass is 337 g/mol. The number of aryl methyl sites for hydroxylation is 2. The van der Waals surface area contributed by atoms with Gasteiger partial charge in [-0.1, -0.05) is 13.0 Å². The Morgan fingerprint density at radius 2 is 2.00 bits per heavy atom.